The largest absolute Gasteiger partial charge is 0.302 e. The molecule has 1 fully saturated rings. The molecule has 0 bridgehead atoms. The van der Waals surface area contributed by atoms with Crippen molar-refractivity contribution in [2.24, 2.45) is 0 Å². The van der Waals surface area contributed by atoms with Gasteiger partial charge in [0, 0.05) is 4.47 Å². The molecule has 0 radical (unpaired) electrons. The number of carbonyl (C=O) groups is 1. The van der Waals surface area contributed by atoms with E-state index in [1.54, 1.807) is 0 Å². The van der Waals surface area contributed by atoms with Crippen LogP contribution < -0.4 is 5.32 Å². The van der Waals surface area contributed by atoms with E-state index >= 15 is 0 Å². The summed E-state index contributed by atoms with van der Waals surface area (Å²) in [6.07, 6.45) is 0.700. The normalized spacial score (nSPS) is 27.3. The van der Waals surface area contributed by atoms with E-state index in [2.05, 4.69) is 21.2 Å². The summed E-state index contributed by atoms with van der Waals surface area (Å²) in [6, 6.07) is 15.6. The summed E-state index contributed by atoms with van der Waals surface area (Å²) in [5.41, 5.74) is -1.09. The molecule has 3 unspecified atom stereocenters. The van der Waals surface area contributed by atoms with Gasteiger partial charge in [-0.05, 0) is 30.3 Å². The third kappa shape index (κ3) is 3.04. The van der Waals surface area contributed by atoms with Crippen molar-refractivity contribution >= 4 is 32.3 Å². The van der Waals surface area contributed by atoms with Gasteiger partial charge >= 0.3 is 0 Å². The SMILES string of the molecule is CN1C(C=O)C(c2ccccc2)(c2cccc(Br)c2)NC1S(=O)(=O)O. The van der Waals surface area contributed by atoms with Crippen LogP contribution >= 0.6 is 15.9 Å². The van der Waals surface area contributed by atoms with Crippen LogP contribution in [-0.4, -0.2) is 42.7 Å². The van der Waals surface area contributed by atoms with Crippen LogP contribution in [0.15, 0.2) is 59.1 Å². The van der Waals surface area contributed by atoms with Gasteiger partial charge in [0.1, 0.15) is 6.29 Å². The number of rotatable bonds is 4. The number of likely N-dealkylation sites (N-methyl/N-ethyl adjacent to an activating group) is 1. The fourth-order valence-electron chi connectivity index (χ4n) is 3.43. The average Bonchev–Trinajstić information content (AvgIpc) is 2.89. The molecule has 1 aliphatic rings. The molecule has 2 aromatic rings. The Balaban J connectivity index is 2.30. The number of aldehydes is 1. The summed E-state index contributed by atoms with van der Waals surface area (Å²) in [5, 5.41) is 2.99. The van der Waals surface area contributed by atoms with E-state index in [1.165, 1.54) is 11.9 Å². The Labute approximate surface area is 154 Å². The number of nitrogens with one attached hydrogen (secondary N) is 1. The molecule has 3 rings (SSSR count). The molecule has 25 heavy (non-hydrogen) atoms. The van der Waals surface area contributed by atoms with E-state index < -0.39 is 27.2 Å². The van der Waals surface area contributed by atoms with Crippen LogP contribution in [0.5, 0.6) is 0 Å². The maximum Gasteiger partial charge on any atom is 0.295 e. The highest BCUT2D eigenvalue weighted by molar-refractivity contribution is 9.10. The third-order valence-electron chi connectivity index (χ3n) is 4.52. The molecule has 0 aromatic heterocycles. The lowest BCUT2D eigenvalue weighted by Gasteiger charge is -2.35. The fourth-order valence-corrected chi connectivity index (χ4v) is 4.71. The van der Waals surface area contributed by atoms with Gasteiger partial charge in [-0.1, -0.05) is 58.4 Å². The summed E-state index contributed by atoms with van der Waals surface area (Å²) >= 11 is 3.42. The van der Waals surface area contributed by atoms with Gasteiger partial charge < -0.3 is 4.79 Å². The van der Waals surface area contributed by atoms with Crippen molar-refractivity contribution in [2.75, 3.05) is 7.05 Å². The predicted molar refractivity (Wildman–Crippen MR) is 97.5 cm³/mol. The standard InChI is InChI=1S/C17H17BrN2O4S/c1-20-15(11-21)17(12-6-3-2-4-7-12,19-16(20)25(22,23)24)13-8-5-9-14(18)10-13/h2-11,15-16,19H,1H3,(H,22,23,24). The van der Waals surface area contributed by atoms with Crippen LogP contribution in [0.25, 0.3) is 0 Å². The Kier molecular flexibility index (Phi) is 4.82. The molecular weight excluding hydrogens is 408 g/mol. The van der Waals surface area contributed by atoms with Crippen LogP contribution in [0.1, 0.15) is 11.1 Å². The van der Waals surface area contributed by atoms with Gasteiger partial charge in [0.25, 0.3) is 10.1 Å². The molecule has 0 spiro atoms. The second-order valence-corrected chi connectivity index (χ2v) is 8.33. The minimum Gasteiger partial charge on any atom is -0.302 e. The number of benzene rings is 2. The first-order chi connectivity index (χ1) is 11.8. The van der Waals surface area contributed by atoms with Crippen LogP contribution in [0.4, 0.5) is 0 Å². The molecule has 0 amide bonds. The van der Waals surface area contributed by atoms with Crippen molar-refractivity contribution < 1.29 is 17.8 Å². The van der Waals surface area contributed by atoms with Crippen molar-refractivity contribution in [3.05, 3.63) is 70.2 Å². The second-order valence-electron chi connectivity index (χ2n) is 5.94. The lowest BCUT2D eigenvalue weighted by atomic mass is 9.78. The highest BCUT2D eigenvalue weighted by Gasteiger charge is 2.56. The number of carbonyl (C=O) groups excluding carboxylic acids is 1. The van der Waals surface area contributed by atoms with Gasteiger partial charge in [-0.25, -0.2) is 0 Å². The van der Waals surface area contributed by atoms with Gasteiger partial charge in [-0.2, -0.15) is 8.42 Å². The highest BCUT2D eigenvalue weighted by atomic mass is 79.9. The molecule has 0 aliphatic carbocycles. The Morgan fingerprint density at radius 2 is 1.80 bits per heavy atom. The molecule has 2 N–H and O–H groups in total. The number of hydrogen-bond donors (Lipinski definition) is 2. The zero-order valence-electron chi connectivity index (χ0n) is 13.3. The van der Waals surface area contributed by atoms with Gasteiger partial charge in [0.2, 0.25) is 0 Å². The maximum absolute atomic E-state index is 12.0. The second kappa shape index (κ2) is 6.62. The summed E-state index contributed by atoms with van der Waals surface area (Å²) in [7, 11) is -2.95. The van der Waals surface area contributed by atoms with Gasteiger partial charge in [0.15, 0.2) is 5.50 Å². The molecule has 8 heteroatoms. The number of hydrogen-bond acceptors (Lipinski definition) is 5. The lowest BCUT2D eigenvalue weighted by molar-refractivity contribution is -0.112. The lowest BCUT2D eigenvalue weighted by Crippen LogP contribution is -2.49. The van der Waals surface area contributed by atoms with Gasteiger partial charge in [-0.3, -0.25) is 14.8 Å². The molecule has 6 nitrogen and oxygen atoms in total. The van der Waals surface area contributed by atoms with Crippen LogP contribution in [-0.2, 0) is 20.5 Å². The van der Waals surface area contributed by atoms with Crippen LogP contribution in [0, 0.1) is 0 Å². The number of nitrogens with zero attached hydrogens (tertiary/aromatic N) is 1. The highest BCUT2D eigenvalue weighted by Crippen LogP contribution is 2.41. The maximum atomic E-state index is 12.0. The number of halogens is 1. The molecule has 0 saturated carbocycles. The summed E-state index contributed by atoms with van der Waals surface area (Å²) < 4.78 is 34.1. The Bertz CT molecular complexity index is 891. The van der Waals surface area contributed by atoms with Crippen molar-refractivity contribution in [1.29, 1.82) is 0 Å². The topological polar surface area (TPSA) is 86.7 Å². The van der Waals surface area contributed by atoms with Crippen molar-refractivity contribution in [2.45, 2.75) is 17.1 Å². The van der Waals surface area contributed by atoms with Crippen LogP contribution in [0.3, 0.4) is 0 Å². The van der Waals surface area contributed by atoms with E-state index in [4.69, 9.17) is 0 Å². The van der Waals surface area contributed by atoms with Gasteiger partial charge in [-0.15, -0.1) is 0 Å². The third-order valence-corrected chi connectivity index (χ3v) is 6.03. The monoisotopic (exact) mass is 424 g/mol. The zero-order chi connectivity index (χ0) is 18.2. The molecule has 2 aromatic carbocycles. The molecular formula is C17H17BrN2O4S. The Morgan fingerprint density at radius 1 is 1.16 bits per heavy atom. The Morgan fingerprint density at radius 3 is 2.36 bits per heavy atom. The molecule has 3 atom stereocenters. The Hall–Kier alpha value is -1.58. The minimum absolute atomic E-state index is 0.700. The first-order valence-corrected chi connectivity index (χ1v) is 9.83. The van der Waals surface area contributed by atoms with Crippen molar-refractivity contribution in [1.82, 2.24) is 10.2 Å². The minimum atomic E-state index is -4.45. The van der Waals surface area contributed by atoms with Crippen molar-refractivity contribution in [3.63, 3.8) is 0 Å². The van der Waals surface area contributed by atoms with Crippen LogP contribution in [0.2, 0.25) is 0 Å². The smallest absolute Gasteiger partial charge is 0.295 e. The summed E-state index contributed by atoms with van der Waals surface area (Å²) in [6.45, 7) is 0. The van der Waals surface area contributed by atoms with E-state index in [0.717, 1.165) is 10.0 Å². The molecule has 1 aliphatic heterocycles. The predicted octanol–water partition coefficient (Wildman–Crippen LogP) is 1.97. The van der Waals surface area contributed by atoms with E-state index in [1.807, 2.05) is 54.6 Å². The summed E-state index contributed by atoms with van der Waals surface area (Å²) in [4.78, 5) is 13.3. The quantitative estimate of drug-likeness (QED) is 0.576. The zero-order valence-corrected chi connectivity index (χ0v) is 15.7. The first kappa shape index (κ1) is 18.2. The van der Waals surface area contributed by atoms with E-state index in [0.29, 0.717) is 11.8 Å². The van der Waals surface area contributed by atoms with Crippen molar-refractivity contribution in [3.8, 4) is 0 Å². The molecule has 1 heterocycles. The molecule has 132 valence electrons. The molecule has 1 saturated heterocycles. The average molecular weight is 425 g/mol. The first-order valence-electron chi connectivity index (χ1n) is 7.53. The fraction of sp³-hybridized carbons (Fsp3) is 0.235. The summed E-state index contributed by atoms with van der Waals surface area (Å²) in [5.74, 6) is 0. The van der Waals surface area contributed by atoms with Gasteiger partial charge in [0.05, 0.1) is 11.6 Å². The van der Waals surface area contributed by atoms with E-state index in [-0.39, 0.29) is 0 Å². The van der Waals surface area contributed by atoms with E-state index in [9.17, 15) is 17.8 Å².